The normalized spacial score (nSPS) is 19.2. The number of amides is 4. The fourth-order valence-corrected chi connectivity index (χ4v) is 2.87. The minimum atomic E-state index is -1.36. The number of carbonyl (C=O) groups is 3. The SMILES string of the molecule is C[C@@]1(c2ccc(Cl)cc2)NC(=O)N(CC(=O)Nc2ccc(F)cc2F)C1=O. The molecule has 0 radical (unpaired) electrons. The van der Waals surface area contributed by atoms with Crippen LogP contribution >= 0.6 is 11.6 Å². The van der Waals surface area contributed by atoms with Gasteiger partial charge in [0.15, 0.2) is 0 Å². The van der Waals surface area contributed by atoms with Crippen molar-refractivity contribution in [2.75, 3.05) is 11.9 Å². The Balaban J connectivity index is 1.75. The van der Waals surface area contributed by atoms with E-state index < -0.39 is 41.6 Å². The summed E-state index contributed by atoms with van der Waals surface area (Å²) in [4.78, 5) is 37.8. The number of imide groups is 1. The molecule has 4 amide bonds. The Morgan fingerprint density at radius 1 is 1.19 bits per heavy atom. The molecule has 3 rings (SSSR count). The van der Waals surface area contributed by atoms with Gasteiger partial charge in [-0.2, -0.15) is 0 Å². The number of nitrogens with one attached hydrogen (secondary N) is 2. The molecule has 0 saturated carbocycles. The van der Waals surface area contributed by atoms with Gasteiger partial charge in [-0.1, -0.05) is 23.7 Å². The van der Waals surface area contributed by atoms with Crippen molar-refractivity contribution in [3.8, 4) is 0 Å². The van der Waals surface area contributed by atoms with Crippen LogP contribution in [0.1, 0.15) is 12.5 Å². The van der Waals surface area contributed by atoms with Crippen LogP contribution in [0.5, 0.6) is 0 Å². The summed E-state index contributed by atoms with van der Waals surface area (Å²) in [5.74, 6) is -3.20. The molecule has 9 heteroatoms. The molecule has 1 heterocycles. The average Bonchev–Trinajstić information content (AvgIpc) is 2.82. The first-order valence-electron chi connectivity index (χ1n) is 7.86. The maximum atomic E-state index is 13.6. The van der Waals surface area contributed by atoms with Gasteiger partial charge in [0.2, 0.25) is 5.91 Å². The van der Waals surface area contributed by atoms with Crippen molar-refractivity contribution in [1.82, 2.24) is 10.2 Å². The van der Waals surface area contributed by atoms with Gasteiger partial charge in [-0.05, 0) is 36.8 Å². The van der Waals surface area contributed by atoms with Gasteiger partial charge in [-0.25, -0.2) is 13.6 Å². The number of carbonyl (C=O) groups excluding carboxylic acids is 3. The van der Waals surface area contributed by atoms with Gasteiger partial charge < -0.3 is 10.6 Å². The second kappa shape index (κ2) is 6.96. The van der Waals surface area contributed by atoms with Crippen LogP contribution in [0.25, 0.3) is 0 Å². The van der Waals surface area contributed by atoms with Crippen molar-refractivity contribution in [2.45, 2.75) is 12.5 Å². The Morgan fingerprint density at radius 3 is 2.48 bits per heavy atom. The summed E-state index contributed by atoms with van der Waals surface area (Å²) < 4.78 is 26.5. The molecule has 0 bridgehead atoms. The van der Waals surface area contributed by atoms with Crippen molar-refractivity contribution in [2.24, 2.45) is 0 Å². The molecular formula is C18H14ClF2N3O3. The Kier molecular flexibility index (Phi) is 4.84. The van der Waals surface area contributed by atoms with Gasteiger partial charge in [-0.3, -0.25) is 14.5 Å². The summed E-state index contributed by atoms with van der Waals surface area (Å²) in [6.45, 7) is 0.888. The molecule has 140 valence electrons. The molecule has 1 saturated heterocycles. The number of hydrogen-bond donors (Lipinski definition) is 2. The largest absolute Gasteiger partial charge is 0.325 e. The zero-order valence-corrected chi connectivity index (χ0v) is 14.8. The lowest BCUT2D eigenvalue weighted by molar-refractivity contribution is -0.133. The summed E-state index contributed by atoms with van der Waals surface area (Å²) in [6, 6.07) is 8.22. The van der Waals surface area contributed by atoms with Crippen LogP contribution < -0.4 is 10.6 Å². The highest BCUT2D eigenvalue weighted by Crippen LogP contribution is 2.29. The van der Waals surface area contributed by atoms with E-state index in [9.17, 15) is 23.2 Å². The fraction of sp³-hybridized carbons (Fsp3) is 0.167. The second-order valence-electron chi connectivity index (χ2n) is 6.13. The van der Waals surface area contributed by atoms with E-state index in [1.807, 2.05) is 0 Å². The zero-order valence-electron chi connectivity index (χ0n) is 14.1. The van der Waals surface area contributed by atoms with Crippen LogP contribution in [0.3, 0.4) is 0 Å². The highest BCUT2D eigenvalue weighted by atomic mass is 35.5. The molecule has 1 atom stereocenters. The number of urea groups is 1. The molecule has 2 aromatic carbocycles. The monoisotopic (exact) mass is 393 g/mol. The molecule has 2 N–H and O–H groups in total. The smallest absolute Gasteiger partial charge is 0.322 e. The molecule has 1 aliphatic rings. The van der Waals surface area contributed by atoms with E-state index >= 15 is 0 Å². The maximum absolute atomic E-state index is 13.6. The average molecular weight is 394 g/mol. The molecule has 0 aliphatic carbocycles. The van der Waals surface area contributed by atoms with E-state index in [2.05, 4.69) is 10.6 Å². The Morgan fingerprint density at radius 2 is 1.85 bits per heavy atom. The Hall–Kier alpha value is -3.00. The second-order valence-corrected chi connectivity index (χ2v) is 6.56. The van der Waals surface area contributed by atoms with Crippen molar-refractivity contribution in [3.05, 3.63) is 64.7 Å². The third kappa shape index (κ3) is 3.61. The predicted molar refractivity (Wildman–Crippen MR) is 94.0 cm³/mol. The number of halogens is 3. The number of anilines is 1. The van der Waals surface area contributed by atoms with Crippen LogP contribution in [-0.2, 0) is 15.1 Å². The summed E-state index contributed by atoms with van der Waals surface area (Å²) >= 11 is 5.84. The number of nitrogens with zero attached hydrogens (tertiary/aromatic N) is 1. The van der Waals surface area contributed by atoms with E-state index in [1.54, 1.807) is 24.3 Å². The fourth-order valence-electron chi connectivity index (χ4n) is 2.74. The molecule has 1 fully saturated rings. The number of hydrogen-bond acceptors (Lipinski definition) is 3. The van der Waals surface area contributed by atoms with Crippen LogP contribution in [-0.4, -0.2) is 29.3 Å². The molecular weight excluding hydrogens is 380 g/mol. The lowest BCUT2D eigenvalue weighted by Crippen LogP contribution is -2.42. The molecule has 27 heavy (non-hydrogen) atoms. The quantitative estimate of drug-likeness (QED) is 0.784. The van der Waals surface area contributed by atoms with Crippen molar-refractivity contribution < 1.29 is 23.2 Å². The van der Waals surface area contributed by atoms with Crippen LogP contribution in [0, 0.1) is 11.6 Å². The lowest BCUT2D eigenvalue weighted by atomic mass is 9.92. The minimum Gasteiger partial charge on any atom is -0.322 e. The van der Waals surface area contributed by atoms with E-state index in [4.69, 9.17) is 11.6 Å². The summed E-state index contributed by atoms with van der Waals surface area (Å²) in [7, 11) is 0. The predicted octanol–water partition coefficient (Wildman–Crippen LogP) is 3.02. The topological polar surface area (TPSA) is 78.5 Å². The summed E-state index contributed by atoms with van der Waals surface area (Å²) in [5.41, 5.74) is -1.12. The molecule has 0 spiro atoms. The molecule has 0 unspecified atom stereocenters. The van der Waals surface area contributed by atoms with Crippen molar-refractivity contribution >= 4 is 35.1 Å². The first-order valence-corrected chi connectivity index (χ1v) is 8.23. The van der Waals surface area contributed by atoms with Crippen molar-refractivity contribution in [3.63, 3.8) is 0 Å². The summed E-state index contributed by atoms with van der Waals surface area (Å²) in [6.07, 6.45) is 0. The third-order valence-corrected chi connectivity index (χ3v) is 4.46. The lowest BCUT2D eigenvalue weighted by Gasteiger charge is -2.22. The molecule has 2 aromatic rings. The maximum Gasteiger partial charge on any atom is 0.325 e. The van der Waals surface area contributed by atoms with Gasteiger partial charge in [0.25, 0.3) is 5.91 Å². The highest BCUT2D eigenvalue weighted by molar-refractivity contribution is 6.30. The standard InChI is InChI=1S/C18H14ClF2N3O3/c1-18(10-2-4-11(19)5-3-10)16(26)24(17(27)23-18)9-15(25)22-14-7-6-12(20)8-13(14)21/h2-8H,9H2,1H3,(H,22,25)(H,23,27)/t18-/m0/s1. The van der Waals surface area contributed by atoms with Gasteiger partial charge in [0.05, 0.1) is 5.69 Å². The van der Waals surface area contributed by atoms with Crippen LogP contribution in [0.4, 0.5) is 19.3 Å². The van der Waals surface area contributed by atoms with Gasteiger partial charge in [0.1, 0.15) is 23.7 Å². The van der Waals surface area contributed by atoms with E-state index in [-0.39, 0.29) is 5.69 Å². The Bertz CT molecular complexity index is 936. The first-order chi connectivity index (χ1) is 12.7. The van der Waals surface area contributed by atoms with Crippen molar-refractivity contribution in [1.29, 1.82) is 0 Å². The zero-order chi connectivity index (χ0) is 19.8. The molecule has 0 aromatic heterocycles. The van der Waals surface area contributed by atoms with Gasteiger partial charge in [-0.15, -0.1) is 0 Å². The third-order valence-electron chi connectivity index (χ3n) is 4.20. The van der Waals surface area contributed by atoms with E-state index in [0.717, 1.165) is 17.0 Å². The number of rotatable bonds is 4. The van der Waals surface area contributed by atoms with Gasteiger partial charge >= 0.3 is 6.03 Å². The van der Waals surface area contributed by atoms with E-state index in [1.165, 1.54) is 6.92 Å². The summed E-state index contributed by atoms with van der Waals surface area (Å²) in [5, 5.41) is 5.22. The van der Waals surface area contributed by atoms with Crippen LogP contribution in [0.15, 0.2) is 42.5 Å². The van der Waals surface area contributed by atoms with Crippen LogP contribution in [0.2, 0.25) is 5.02 Å². The van der Waals surface area contributed by atoms with E-state index in [0.29, 0.717) is 16.7 Å². The number of benzene rings is 2. The highest BCUT2D eigenvalue weighted by Gasteiger charge is 2.49. The minimum absolute atomic E-state index is 0.256. The molecule has 6 nitrogen and oxygen atoms in total. The van der Waals surface area contributed by atoms with Gasteiger partial charge in [0, 0.05) is 11.1 Å². The first kappa shape index (κ1) is 18.8. The Labute approximate surface area is 158 Å². The molecule has 1 aliphatic heterocycles.